The predicted molar refractivity (Wildman–Crippen MR) is 81.7 cm³/mol. The summed E-state index contributed by atoms with van der Waals surface area (Å²) in [5.74, 6) is 0.738. The Morgan fingerprint density at radius 3 is 2.82 bits per heavy atom. The molecule has 0 aliphatic carbocycles. The summed E-state index contributed by atoms with van der Waals surface area (Å²) in [6, 6.07) is 3.95. The highest BCUT2D eigenvalue weighted by molar-refractivity contribution is 6.01. The molecule has 0 spiro atoms. The number of aromatic nitrogens is 1. The van der Waals surface area contributed by atoms with Crippen molar-refractivity contribution in [3.05, 3.63) is 18.3 Å². The quantitative estimate of drug-likeness (QED) is 0.832. The molecule has 0 aromatic carbocycles. The third-order valence-electron chi connectivity index (χ3n) is 4.43. The molecule has 0 radical (unpaired) electrons. The Balaban J connectivity index is 1.80. The van der Waals surface area contributed by atoms with Crippen LogP contribution < -0.4 is 9.64 Å². The molecule has 2 atom stereocenters. The average Bonchev–Trinajstić information content (AvgIpc) is 2.50. The van der Waals surface area contributed by atoms with Gasteiger partial charge in [-0.25, -0.2) is 4.98 Å². The van der Waals surface area contributed by atoms with Crippen LogP contribution in [-0.4, -0.2) is 46.9 Å². The zero-order valence-electron chi connectivity index (χ0n) is 13.0. The summed E-state index contributed by atoms with van der Waals surface area (Å²) in [6.45, 7) is 4.12. The number of amides is 2. The van der Waals surface area contributed by atoms with Gasteiger partial charge in [-0.1, -0.05) is 0 Å². The number of fused-ring (bicyclic) bond motifs is 1. The van der Waals surface area contributed by atoms with Crippen molar-refractivity contribution < 1.29 is 14.3 Å². The summed E-state index contributed by atoms with van der Waals surface area (Å²) in [5, 5.41) is 0. The number of hydrogen-bond acceptors (Lipinski definition) is 4. The number of likely N-dealkylation sites (tertiary alicyclic amines) is 1. The van der Waals surface area contributed by atoms with Crippen LogP contribution in [-0.2, 0) is 9.59 Å². The van der Waals surface area contributed by atoms with E-state index in [9.17, 15) is 9.59 Å². The van der Waals surface area contributed by atoms with Gasteiger partial charge in [-0.2, -0.15) is 0 Å². The van der Waals surface area contributed by atoms with E-state index in [1.165, 1.54) is 4.90 Å². The Bertz CT molecular complexity index is 580. The lowest BCUT2D eigenvalue weighted by molar-refractivity contribution is -0.137. The molecule has 2 aliphatic rings. The molecule has 0 saturated carbocycles. The standard InChI is InChI=1S/C16H21N3O3/c1-11-5-3-6-12(2)19(11)14(20)9-18-15(21)10-22-13-7-4-8-17-16(13)18/h4,7-8,11-12H,3,5-6,9-10H2,1-2H3. The number of ether oxygens (including phenoxy) is 1. The summed E-state index contributed by atoms with van der Waals surface area (Å²) < 4.78 is 5.36. The number of anilines is 1. The molecule has 0 bridgehead atoms. The Labute approximate surface area is 130 Å². The topological polar surface area (TPSA) is 62.7 Å². The first-order valence-corrected chi connectivity index (χ1v) is 7.77. The lowest BCUT2D eigenvalue weighted by Crippen LogP contribution is -2.53. The second-order valence-electron chi connectivity index (χ2n) is 6.02. The van der Waals surface area contributed by atoms with E-state index < -0.39 is 0 Å². The molecule has 3 rings (SSSR count). The summed E-state index contributed by atoms with van der Waals surface area (Å²) in [4.78, 5) is 32.4. The van der Waals surface area contributed by atoms with Crippen molar-refractivity contribution in [2.24, 2.45) is 0 Å². The minimum Gasteiger partial charge on any atom is -0.480 e. The van der Waals surface area contributed by atoms with Gasteiger partial charge in [0.15, 0.2) is 18.2 Å². The largest absolute Gasteiger partial charge is 0.480 e. The molecule has 2 unspecified atom stereocenters. The van der Waals surface area contributed by atoms with E-state index in [1.54, 1.807) is 18.3 Å². The van der Waals surface area contributed by atoms with Gasteiger partial charge in [0.2, 0.25) is 5.91 Å². The first kappa shape index (κ1) is 14.8. The normalized spacial score (nSPS) is 24.7. The van der Waals surface area contributed by atoms with Gasteiger partial charge < -0.3 is 9.64 Å². The molecule has 3 heterocycles. The van der Waals surface area contributed by atoms with Crippen LogP contribution in [0.3, 0.4) is 0 Å². The molecular formula is C16H21N3O3. The van der Waals surface area contributed by atoms with Gasteiger partial charge in [0.1, 0.15) is 6.54 Å². The second-order valence-corrected chi connectivity index (χ2v) is 6.02. The van der Waals surface area contributed by atoms with Crippen LogP contribution in [0, 0.1) is 0 Å². The molecule has 2 amide bonds. The number of rotatable bonds is 2. The Morgan fingerprint density at radius 2 is 2.09 bits per heavy atom. The first-order chi connectivity index (χ1) is 10.6. The van der Waals surface area contributed by atoms with Crippen molar-refractivity contribution in [2.75, 3.05) is 18.1 Å². The maximum absolute atomic E-state index is 12.7. The zero-order chi connectivity index (χ0) is 15.7. The molecule has 6 heteroatoms. The summed E-state index contributed by atoms with van der Waals surface area (Å²) >= 11 is 0. The van der Waals surface area contributed by atoms with Gasteiger partial charge in [-0.05, 0) is 45.2 Å². The third kappa shape index (κ3) is 2.65. The van der Waals surface area contributed by atoms with Crippen molar-refractivity contribution in [2.45, 2.75) is 45.2 Å². The summed E-state index contributed by atoms with van der Waals surface area (Å²) in [7, 11) is 0. The number of hydrogen-bond donors (Lipinski definition) is 0. The molecule has 1 saturated heterocycles. The van der Waals surface area contributed by atoms with E-state index in [-0.39, 0.29) is 37.0 Å². The maximum atomic E-state index is 12.7. The highest BCUT2D eigenvalue weighted by Crippen LogP contribution is 2.29. The minimum absolute atomic E-state index is 0.0217. The van der Waals surface area contributed by atoms with Crippen molar-refractivity contribution in [1.82, 2.24) is 9.88 Å². The number of piperidine rings is 1. The number of carbonyl (C=O) groups excluding carboxylic acids is 2. The van der Waals surface area contributed by atoms with Crippen LogP contribution in [0.5, 0.6) is 5.75 Å². The lowest BCUT2D eigenvalue weighted by Gasteiger charge is -2.40. The smallest absolute Gasteiger partial charge is 0.266 e. The van der Waals surface area contributed by atoms with Gasteiger partial charge >= 0.3 is 0 Å². The number of pyridine rings is 1. The maximum Gasteiger partial charge on any atom is 0.266 e. The SMILES string of the molecule is CC1CCCC(C)N1C(=O)CN1C(=O)COc2cccnc21. The highest BCUT2D eigenvalue weighted by atomic mass is 16.5. The van der Waals surface area contributed by atoms with E-state index in [2.05, 4.69) is 18.8 Å². The molecule has 22 heavy (non-hydrogen) atoms. The van der Waals surface area contributed by atoms with Crippen molar-refractivity contribution >= 4 is 17.6 Å². The van der Waals surface area contributed by atoms with E-state index >= 15 is 0 Å². The fourth-order valence-corrected chi connectivity index (χ4v) is 3.33. The Kier molecular flexibility index (Phi) is 4.00. The monoisotopic (exact) mass is 303 g/mol. The fourth-order valence-electron chi connectivity index (χ4n) is 3.33. The number of carbonyl (C=O) groups is 2. The number of nitrogens with zero attached hydrogens (tertiary/aromatic N) is 3. The van der Waals surface area contributed by atoms with Crippen LogP contribution in [0.2, 0.25) is 0 Å². The Hall–Kier alpha value is -2.11. The van der Waals surface area contributed by atoms with Crippen LogP contribution in [0.15, 0.2) is 18.3 Å². The molecule has 0 N–H and O–H groups in total. The van der Waals surface area contributed by atoms with E-state index in [0.717, 1.165) is 19.3 Å². The highest BCUT2D eigenvalue weighted by Gasteiger charge is 2.34. The molecule has 118 valence electrons. The van der Waals surface area contributed by atoms with Gasteiger partial charge in [-0.3, -0.25) is 14.5 Å². The second kappa shape index (κ2) is 5.94. The summed E-state index contributed by atoms with van der Waals surface area (Å²) in [5.41, 5.74) is 0. The van der Waals surface area contributed by atoms with Crippen molar-refractivity contribution in [3.63, 3.8) is 0 Å². The zero-order valence-corrected chi connectivity index (χ0v) is 13.0. The van der Waals surface area contributed by atoms with Gasteiger partial charge in [0.05, 0.1) is 0 Å². The fraction of sp³-hybridized carbons (Fsp3) is 0.562. The van der Waals surface area contributed by atoms with Gasteiger partial charge in [0, 0.05) is 18.3 Å². The third-order valence-corrected chi connectivity index (χ3v) is 4.43. The van der Waals surface area contributed by atoms with Crippen LogP contribution in [0.1, 0.15) is 33.1 Å². The Morgan fingerprint density at radius 1 is 1.36 bits per heavy atom. The molecule has 1 fully saturated rings. The summed E-state index contributed by atoms with van der Waals surface area (Å²) in [6.07, 6.45) is 4.78. The minimum atomic E-state index is -0.225. The van der Waals surface area contributed by atoms with E-state index in [4.69, 9.17) is 4.74 Å². The van der Waals surface area contributed by atoms with Crippen molar-refractivity contribution in [1.29, 1.82) is 0 Å². The van der Waals surface area contributed by atoms with Crippen LogP contribution >= 0.6 is 0 Å². The molecule has 2 aliphatic heterocycles. The van der Waals surface area contributed by atoms with Crippen molar-refractivity contribution in [3.8, 4) is 5.75 Å². The molecule has 1 aromatic rings. The lowest BCUT2D eigenvalue weighted by atomic mass is 9.97. The molecular weight excluding hydrogens is 282 g/mol. The van der Waals surface area contributed by atoms with Gasteiger partial charge in [-0.15, -0.1) is 0 Å². The molecule has 1 aromatic heterocycles. The molecule has 6 nitrogen and oxygen atoms in total. The van der Waals surface area contributed by atoms with Crippen LogP contribution in [0.4, 0.5) is 5.82 Å². The van der Waals surface area contributed by atoms with Gasteiger partial charge in [0.25, 0.3) is 5.91 Å². The van der Waals surface area contributed by atoms with E-state index in [0.29, 0.717) is 11.6 Å². The predicted octanol–water partition coefficient (Wildman–Crippen LogP) is 1.60. The average molecular weight is 303 g/mol. The van der Waals surface area contributed by atoms with Crippen LogP contribution in [0.25, 0.3) is 0 Å². The first-order valence-electron chi connectivity index (χ1n) is 7.77. The van der Waals surface area contributed by atoms with E-state index in [1.807, 2.05) is 4.90 Å².